The number of benzene rings is 1. The number of hydrogen-bond acceptors (Lipinski definition) is 3. The van der Waals surface area contributed by atoms with E-state index in [0.29, 0.717) is 34.2 Å². The molecule has 1 atom stereocenters. The summed E-state index contributed by atoms with van der Waals surface area (Å²) >= 11 is 14.0. The van der Waals surface area contributed by atoms with Crippen LogP contribution in [-0.2, 0) is 11.2 Å². The van der Waals surface area contributed by atoms with Crippen molar-refractivity contribution >= 4 is 46.1 Å². The zero-order valence-corrected chi connectivity index (χ0v) is 15.4. The standard InChI is InChI=1S/C18H18Cl2N2OS/c19-12-3-4-14(20)15(9-12)21-17(23)10-22-7-5-16-13(6-8-24-16)18(22)11-1-2-11/h3-4,6,8-9,11,18H,1-2,5,7,10H2,(H,21,23)/t18-/m0/s1. The van der Waals surface area contributed by atoms with Crippen LogP contribution in [0.3, 0.4) is 0 Å². The molecule has 2 aliphatic rings. The molecule has 1 saturated carbocycles. The van der Waals surface area contributed by atoms with Crippen molar-refractivity contribution in [1.29, 1.82) is 0 Å². The number of rotatable bonds is 4. The minimum Gasteiger partial charge on any atom is -0.324 e. The van der Waals surface area contributed by atoms with Gasteiger partial charge >= 0.3 is 0 Å². The molecule has 126 valence electrons. The molecule has 0 bridgehead atoms. The van der Waals surface area contributed by atoms with Gasteiger partial charge < -0.3 is 5.32 Å². The molecule has 1 aliphatic carbocycles. The van der Waals surface area contributed by atoms with Crippen LogP contribution in [0.5, 0.6) is 0 Å². The lowest BCUT2D eigenvalue weighted by atomic mass is 9.96. The third kappa shape index (κ3) is 3.33. The highest BCUT2D eigenvalue weighted by Gasteiger charge is 2.40. The molecule has 0 radical (unpaired) electrons. The van der Waals surface area contributed by atoms with E-state index in [4.69, 9.17) is 23.2 Å². The van der Waals surface area contributed by atoms with Gasteiger partial charge in [0.15, 0.2) is 0 Å². The molecule has 1 aromatic carbocycles. The molecule has 0 spiro atoms. The van der Waals surface area contributed by atoms with Gasteiger partial charge in [-0.05, 0) is 60.4 Å². The summed E-state index contributed by atoms with van der Waals surface area (Å²) in [4.78, 5) is 16.3. The number of carbonyl (C=O) groups is 1. The highest BCUT2D eigenvalue weighted by molar-refractivity contribution is 7.10. The normalized spacial score (nSPS) is 20.7. The topological polar surface area (TPSA) is 32.3 Å². The predicted molar refractivity (Wildman–Crippen MR) is 100 cm³/mol. The molecule has 1 aliphatic heterocycles. The molecule has 4 rings (SSSR count). The number of nitrogens with one attached hydrogen (secondary N) is 1. The number of carbonyl (C=O) groups excluding carboxylic acids is 1. The molecular formula is C18H18Cl2N2OS. The summed E-state index contributed by atoms with van der Waals surface area (Å²) in [5.41, 5.74) is 2.01. The first kappa shape index (κ1) is 16.4. The highest BCUT2D eigenvalue weighted by atomic mass is 35.5. The Morgan fingerprint density at radius 3 is 2.92 bits per heavy atom. The van der Waals surface area contributed by atoms with Crippen LogP contribution in [-0.4, -0.2) is 23.9 Å². The fourth-order valence-electron chi connectivity index (χ4n) is 3.51. The lowest BCUT2D eigenvalue weighted by molar-refractivity contribution is -0.118. The summed E-state index contributed by atoms with van der Waals surface area (Å²) in [6.07, 6.45) is 3.55. The van der Waals surface area contributed by atoms with Crippen LogP contribution in [0.1, 0.15) is 29.3 Å². The number of amides is 1. The van der Waals surface area contributed by atoms with E-state index in [2.05, 4.69) is 21.7 Å². The van der Waals surface area contributed by atoms with Gasteiger partial charge in [0.2, 0.25) is 5.91 Å². The van der Waals surface area contributed by atoms with Gasteiger partial charge in [-0.3, -0.25) is 9.69 Å². The number of thiophene rings is 1. The van der Waals surface area contributed by atoms with E-state index >= 15 is 0 Å². The van der Waals surface area contributed by atoms with Crippen LogP contribution in [0.2, 0.25) is 10.0 Å². The van der Waals surface area contributed by atoms with Crippen LogP contribution < -0.4 is 5.32 Å². The zero-order chi connectivity index (χ0) is 16.7. The molecule has 3 nitrogen and oxygen atoms in total. The Bertz CT molecular complexity index is 772. The second kappa shape index (κ2) is 6.68. The number of fused-ring (bicyclic) bond motifs is 1. The average Bonchev–Trinajstić information content (AvgIpc) is 3.27. The summed E-state index contributed by atoms with van der Waals surface area (Å²) in [6, 6.07) is 7.73. The fourth-order valence-corrected chi connectivity index (χ4v) is 4.76. The Morgan fingerprint density at radius 2 is 2.12 bits per heavy atom. The number of hydrogen-bond donors (Lipinski definition) is 1. The van der Waals surface area contributed by atoms with Crippen molar-refractivity contribution in [2.24, 2.45) is 5.92 Å². The Labute approximate surface area is 155 Å². The van der Waals surface area contributed by atoms with E-state index < -0.39 is 0 Å². The van der Waals surface area contributed by atoms with Gasteiger partial charge in [-0.2, -0.15) is 0 Å². The zero-order valence-electron chi connectivity index (χ0n) is 13.1. The number of anilines is 1. The van der Waals surface area contributed by atoms with Gasteiger partial charge in [0.1, 0.15) is 0 Å². The van der Waals surface area contributed by atoms with Crippen molar-refractivity contribution in [1.82, 2.24) is 4.90 Å². The van der Waals surface area contributed by atoms with Crippen molar-refractivity contribution < 1.29 is 4.79 Å². The van der Waals surface area contributed by atoms with Crippen LogP contribution in [0.15, 0.2) is 29.6 Å². The number of nitrogens with zero attached hydrogens (tertiary/aromatic N) is 1. The second-order valence-electron chi connectivity index (χ2n) is 6.47. The van der Waals surface area contributed by atoms with Gasteiger partial charge in [-0.15, -0.1) is 11.3 Å². The molecule has 2 aromatic rings. The monoisotopic (exact) mass is 380 g/mol. The molecule has 0 unspecified atom stereocenters. The lowest BCUT2D eigenvalue weighted by Gasteiger charge is -2.35. The Morgan fingerprint density at radius 1 is 1.29 bits per heavy atom. The van der Waals surface area contributed by atoms with Gasteiger partial charge in [-0.25, -0.2) is 0 Å². The van der Waals surface area contributed by atoms with E-state index in [0.717, 1.165) is 13.0 Å². The largest absolute Gasteiger partial charge is 0.324 e. The molecular weight excluding hydrogens is 363 g/mol. The van der Waals surface area contributed by atoms with Crippen molar-refractivity contribution in [2.45, 2.75) is 25.3 Å². The summed E-state index contributed by atoms with van der Waals surface area (Å²) < 4.78 is 0. The Kier molecular flexibility index (Phi) is 4.56. The Balaban J connectivity index is 1.48. The van der Waals surface area contributed by atoms with E-state index in [9.17, 15) is 4.79 Å². The first-order valence-electron chi connectivity index (χ1n) is 8.17. The van der Waals surface area contributed by atoms with Gasteiger partial charge in [0.25, 0.3) is 0 Å². The predicted octanol–water partition coefficient (Wildman–Crippen LogP) is 5.00. The van der Waals surface area contributed by atoms with Crippen molar-refractivity contribution in [3.63, 3.8) is 0 Å². The Hall–Kier alpha value is -1.07. The van der Waals surface area contributed by atoms with Gasteiger partial charge in [0, 0.05) is 22.5 Å². The summed E-state index contributed by atoms with van der Waals surface area (Å²) in [5, 5.41) is 6.14. The van der Waals surface area contributed by atoms with Crippen LogP contribution in [0, 0.1) is 5.92 Å². The molecule has 24 heavy (non-hydrogen) atoms. The first-order chi connectivity index (χ1) is 11.6. The maximum absolute atomic E-state index is 12.5. The SMILES string of the molecule is O=C(CN1CCc2sccc2[C@@H]1C1CC1)Nc1cc(Cl)ccc1Cl. The van der Waals surface area contributed by atoms with Gasteiger partial charge in [0.05, 0.1) is 17.3 Å². The van der Waals surface area contributed by atoms with Crippen LogP contribution in [0.25, 0.3) is 0 Å². The third-order valence-electron chi connectivity index (χ3n) is 4.74. The van der Waals surface area contributed by atoms with Gasteiger partial charge in [-0.1, -0.05) is 23.2 Å². The number of halogens is 2. The van der Waals surface area contributed by atoms with Crippen LogP contribution in [0.4, 0.5) is 5.69 Å². The molecule has 1 fully saturated rings. The van der Waals surface area contributed by atoms with Crippen molar-refractivity contribution in [2.75, 3.05) is 18.4 Å². The van der Waals surface area contributed by atoms with E-state index in [1.54, 1.807) is 18.2 Å². The smallest absolute Gasteiger partial charge is 0.238 e. The van der Waals surface area contributed by atoms with E-state index in [1.807, 2.05) is 11.3 Å². The maximum atomic E-state index is 12.5. The van der Waals surface area contributed by atoms with E-state index in [1.165, 1.54) is 23.3 Å². The van der Waals surface area contributed by atoms with Crippen molar-refractivity contribution in [3.8, 4) is 0 Å². The fraction of sp³-hybridized carbons (Fsp3) is 0.389. The molecule has 6 heteroatoms. The quantitative estimate of drug-likeness (QED) is 0.808. The summed E-state index contributed by atoms with van der Waals surface area (Å²) in [6.45, 7) is 1.32. The van der Waals surface area contributed by atoms with E-state index in [-0.39, 0.29) is 5.91 Å². The minimum atomic E-state index is -0.0384. The van der Waals surface area contributed by atoms with Crippen molar-refractivity contribution in [3.05, 3.63) is 50.1 Å². The molecule has 1 aromatic heterocycles. The lowest BCUT2D eigenvalue weighted by Crippen LogP contribution is -2.41. The molecule has 0 saturated heterocycles. The first-order valence-corrected chi connectivity index (χ1v) is 9.80. The second-order valence-corrected chi connectivity index (χ2v) is 8.32. The third-order valence-corrected chi connectivity index (χ3v) is 6.30. The average molecular weight is 381 g/mol. The van der Waals surface area contributed by atoms with Crippen LogP contribution >= 0.6 is 34.5 Å². The maximum Gasteiger partial charge on any atom is 0.238 e. The molecule has 1 N–H and O–H groups in total. The summed E-state index contributed by atoms with van der Waals surface area (Å²) in [5.74, 6) is 0.657. The summed E-state index contributed by atoms with van der Waals surface area (Å²) in [7, 11) is 0. The minimum absolute atomic E-state index is 0.0384. The molecule has 2 heterocycles. The highest BCUT2D eigenvalue weighted by Crippen LogP contribution is 2.48. The molecule has 1 amide bonds.